The highest BCUT2D eigenvalue weighted by Crippen LogP contribution is 2.33. The van der Waals surface area contributed by atoms with Gasteiger partial charge in [0.25, 0.3) is 5.91 Å². The molecular formula is C20H21N3O3S. The van der Waals surface area contributed by atoms with E-state index in [2.05, 4.69) is 41.7 Å². The Balaban J connectivity index is 1.53. The Morgan fingerprint density at radius 3 is 2.89 bits per heavy atom. The first-order valence-corrected chi connectivity index (χ1v) is 9.78. The number of amides is 1. The zero-order chi connectivity index (χ0) is 19.0. The van der Waals surface area contributed by atoms with E-state index in [1.54, 1.807) is 18.2 Å². The first-order valence-electron chi connectivity index (χ1n) is 8.90. The van der Waals surface area contributed by atoms with Crippen molar-refractivity contribution in [2.24, 2.45) is 0 Å². The number of carbonyl (C=O) groups is 1. The Morgan fingerprint density at radius 2 is 2.07 bits per heavy atom. The summed E-state index contributed by atoms with van der Waals surface area (Å²) in [6.45, 7) is 7.58. The van der Waals surface area contributed by atoms with Crippen molar-refractivity contribution in [3.63, 3.8) is 0 Å². The van der Waals surface area contributed by atoms with Crippen LogP contribution in [0.2, 0.25) is 0 Å². The lowest BCUT2D eigenvalue weighted by molar-refractivity contribution is 0.102. The zero-order valence-corrected chi connectivity index (χ0v) is 16.4. The topological polar surface area (TPSA) is 65.4 Å². The molecule has 140 valence electrons. The third kappa shape index (κ3) is 3.30. The Labute approximate surface area is 161 Å². The van der Waals surface area contributed by atoms with E-state index < -0.39 is 0 Å². The first-order chi connectivity index (χ1) is 13.1. The summed E-state index contributed by atoms with van der Waals surface area (Å²) < 4.78 is 12.9. The number of benzene rings is 1. The van der Waals surface area contributed by atoms with E-state index in [0.717, 1.165) is 24.2 Å². The third-order valence-corrected chi connectivity index (χ3v) is 5.41. The van der Waals surface area contributed by atoms with Crippen LogP contribution in [0, 0.1) is 13.8 Å². The van der Waals surface area contributed by atoms with Crippen LogP contribution in [0.3, 0.4) is 0 Å². The maximum Gasteiger partial charge on any atom is 0.257 e. The summed E-state index contributed by atoms with van der Waals surface area (Å²) in [6, 6.07) is 7.30. The highest BCUT2D eigenvalue weighted by Gasteiger charge is 2.18. The van der Waals surface area contributed by atoms with Gasteiger partial charge >= 0.3 is 0 Å². The molecule has 2 aromatic heterocycles. The predicted octanol–water partition coefficient (Wildman–Crippen LogP) is 4.62. The monoisotopic (exact) mass is 383 g/mol. The number of nitrogens with one attached hydrogen (secondary N) is 1. The van der Waals surface area contributed by atoms with Crippen LogP contribution in [-0.4, -0.2) is 22.3 Å². The Kier molecular flexibility index (Phi) is 4.61. The quantitative estimate of drug-likeness (QED) is 0.698. The molecule has 1 N–H and O–H groups in total. The molecule has 0 bridgehead atoms. The molecule has 1 aliphatic heterocycles. The summed E-state index contributed by atoms with van der Waals surface area (Å²) >= 11 is 1.42. The van der Waals surface area contributed by atoms with Gasteiger partial charge in [-0.2, -0.15) is 0 Å². The van der Waals surface area contributed by atoms with Crippen molar-refractivity contribution in [3.05, 3.63) is 46.6 Å². The lowest BCUT2D eigenvalue weighted by Crippen LogP contribution is -2.11. The largest absolute Gasteiger partial charge is 0.454 e. The Hall–Kier alpha value is -2.80. The molecule has 0 saturated carbocycles. The smallest absolute Gasteiger partial charge is 0.257 e. The second kappa shape index (κ2) is 7.08. The van der Waals surface area contributed by atoms with Gasteiger partial charge in [0.15, 0.2) is 16.6 Å². The summed E-state index contributed by atoms with van der Waals surface area (Å²) in [4.78, 5) is 17.1. The second-order valence-electron chi connectivity index (χ2n) is 6.50. The van der Waals surface area contributed by atoms with Crippen LogP contribution in [0.25, 0.3) is 11.3 Å². The van der Waals surface area contributed by atoms with Crippen molar-refractivity contribution in [2.45, 2.75) is 33.7 Å². The number of rotatable bonds is 5. The molecule has 3 aromatic rings. The minimum atomic E-state index is -0.217. The molecule has 0 saturated heterocycles. The molecule has 0 atom stereocenters. The zero-order valence-electron chi connectivity index (χ0n) is 15.5. The lowest BCUT2D eigenvalue weighted by Gasteiger charge is -2.07. The molecule has 1 amide bonds. The summed E-state index contributed by atoms with van der Waals surface area (Å²) in [5.41, 5.74) is 4.94. The van der Waals surface area contributed by atoms with Crippen molar-refractivity contribution in [1.29, 1.82) is 0 Å². The highest BCUT2D eigenvalue weighted by atomic mass is 32.1. The Morgan fingerprint density at radius 1 is 1.26 bits per heavy atom. The van der Waals surface area contributed by atoms with Gasteiger partial charge in [-0.05, 0) is 44.5 Å². The number of aromatic nitrogens is 2. The highest BCUT2D eigenvalue weighted by molar-refractivity contribution is 7.14. The molecule has 1 aromatic carbocycles. The van der Waals surface area contributed by atoms with Crippen LogP contribution in [0.4, 0.5) is 5.13 Å². The lowest BCUT2D eigenvalue weighted by atomic mass is 10.2. The van der Waals surface area contributed by atoms with Crippen molar-refractivity contribution >= 4 is 22.4 Å². The van der Waals surface area contributed by atoms with E-state index >= 15 is 0 Å². The van der Waals surface area contributed by atoms with Crippen LogP contribution < -0.4 is 14.8 Å². The number of fused-ring (bicyclic) bond motifs is 1. The summed E-state index contributed by atoms with van der Waals surface area (Å²) in [5, 5.41) is 5.43. The van der Waals surface area contributed by atoms with Gasteiger partial charge in [0, 0.05) is 34.4 Å². The average Bonchev–Trinajstić information content (AvgIpc) is 3.36. The number of ether oxygens (including phenoxy) is 2. The van der Waals surface area contributed by atoms with Gasteiger partial charge in [-0.15, -0.1) is 11.3 Å². The second-order valence-corrected chi connectivity index (χ2v) is 7.35. The number of hydrogen-bond donors (Lipinski definition) is 1. The summed E-state index contributed by atoms with van der Waals surface area (Å²) in [5.74, 6) is 1.03. The standard InChI is InChI=1S/C20H21N3O3S/c1-4-7-23-12(2)8-15(13(23)3)16-10-27-20(21-16)22-19(24)14-5-6-17-18(9-14)26-11-25-17/h5-6,8-10H,4,7,11H2,1-3H3,(H,21,22,24). The molecule has 3 heterocycles. The molecule has 0 aliphatic carbocycles. The molecule has 0 fully saturated rings. The Bertz CT molecular complexity index is 1010. The van der Waals surface area contributed by atoms with Crippen LogP contribution in [0.5, 0.6) is 11.5 Å². The van der Waals surface area contributed by atoms with E-state index in [-0.39, 0.29) is 12.7 Å². The van der Waals surface area contributed by atoms with Crippen LogP contribution in [0.1, 0.15) is 35.1 Å². The van der Waals surface area contributed by atoms with Gasteiger partial charge in [-0.1, -0.05) is 6.92 Å². The molecule has 0 spiro atoms. The maximum atomic E-state index is 12.5. The van der Waals surface area contributed by atoms with Crippen molar-refractivity contribution in [2.75, 3.05) is 12.1 Å². The maximum absolute atomic E-state index is 12.5. The predicted molar refractivity (Wildman–Crippen MR) is 106 cm³/mol. The van der Waals surface area contributed by atoms with Crippen LogP contribution >= 0.6 is 11.3 Å². The molecular weight excluding hydrogens is 362 g/mol. The van der Waals surface area contributed by atoms with E-state index in [1.165, 1.54) is 22.7 Å². The van der Waals surface area contributed by atoms with E-state index in [9.17, 15) is 4.79 Å². The number of carbonyl (C=O) groups excluding carboxylic acids is 1. The van der Waals surface area contributed by atoms with Crippen LogP contribution in [-0.2, 0) is 6.54 Å². The molecule has 27 heavy (non-hydrogen) atoms. The third-order valence-electron chi connectivity index (χ3n) is 4.66. The minimum absolute atomic E-state index is 0.187. The number of thiazole rings is 1. The fourth-order valence-corrected chi connectivity index (χ4v) is 4.00. The van der Waals surface area contributed by atoms with Crippen molar-refractivity contribution in [1.82, 2.24) is 9.55 Å². The van der Waals surface area contributed by atoms with Crippen LogP contribution in [0.15, 0.2) is 29.6 Å². The van der Waals surface area contributed by atoms with Gasteiger partial charge in [0.2, 0.25) is 6.79 Å². The SMILES string of the molecule is CCCn1c(C)cc(-c2csc(NC(=O)c3ccc4c(c3)OCO4)n2)c1C. The number of anilines is 1. The number of aryl methyl sites for hydroxylation is 1. The van der Waals surface area contributed by atoms with Gasteiger partial charge in [0.1, 0.15) is 0 Å². The van der Waals surface area contributed by atoms with Gasteiger partial charge in [0.05, 0.1) is 5.69 Å². The fourth-order valence-electron chi connectivity index (χ4n) is 3.29. The van der Waals surface area contributed by atoms with E-state index in [1.807, 2.05) is 5.38 Å². The normalized spacial score (nSPS) is 12.4. The van der Waals surface area contributed by atoms with E-state index in [0.29, 0.717) is 22.2 Å². The van der Waals surface area contributed by atoms with E-state index in [4.69, 9.17) is 9.47 Å². The summed E-state index contributed by atoms with van der Waals surface area (Å²) in [6.07, 6.45) is 1.09. The number of hydrogen-bond acceptors (Lipinski definition) is 5. The molecule has 0 radical (unpaired) electrons. The average molecular weight is 383 g/mol. The number of nitrogens with zero attached hydrogens (tertiary/aromatic N) is 2. The molecule has 6 nitrogen and oxygen atoms in total. The van der Waals surface area contributed by atoms with Crippen molar-refractivity contribution in [3.8, 4) is 22.8 Å². The van der Waals surface area contributed by atoms with Crippen molar-refractivity contribution < 1.29 is 14.3 Å². The molecule has 1 aliphatic rings. The fraction of sp³-hybridized carbons (Fsp3) is 0.300. The first kappa shape index (κ1) is 17.6. The van der Waals surface area contributed by atoms with Gasteiger partial charge < -0.3 is 14.0 Å². The summed E-state index contributed by atoms with van der Waals surface area (Å²) in [7, 11) is 0. The molecule has 4 rings (SSSR count). The minimum Gasteiger partial charge on any atom is -0.454 e. The molecule has 7 heteroatoms. The van der Waals surface area contributed by atoms with Gasteiger partial charge in [-0.3, -0.25) is 10.1 Å². The molecule has 0 unspecified atom stereocenters. The van der Waals surface area contributed by atoms with Gasteiger partial charge in [-0.25, -0.2) is 4.98 Å².